The minimum absolute atomic E-state index is 0.0286. The van der Waals surface area contributed by atoms with Crippen LogP contribution in [0.5, 0.6) is 5.75 Å². The Morgan fingerprint density at radius 1 is 1.15 bits per heavy atom. The lowest BCUT2D eigenvalue weighted by Gasteiger charge is -2.57. The van der Waals surface area contributed by atoms with Gasteiger partial charge in [0, 0.05) is 17.2 Å². The Morgan fingerprint density at radius 3 is 2.64 bits per heavy atom. The molecule has 4 aliphatic carbocycles. The molecule has 6 heteroatoms. The van der Waals surface area contributed by atoms with Gasteiger partial charge in [-0.05, 0) is 88.4 Å². The Bertz CT molecular complexity index is 1120. The van der Waals surface area contributed by atoms with Crippen LogP contribution in [-0.4, -0.2) is 27.7 Å². The lowest BCUT2D eigenvalue weighted by Crippen LogP contribution is -2.50. The van der Waals surface area contributed by atoms with Crippen LogP contribution in [0.3, 0.4) is 0 Å². The Kier molecular flexibility index (Phi) is 5.43. The average Bonchev–Trinajstić information content (AvgIpc) is 3.08. The smallest absolute Gasteiger partial charge is 0.348 e. The third-order valence-electron chi connectivity index (χ3n) is 9.56. The van der Waals surface area contributed by atoms with E-state index < -0.39 is 5.63 Å². The first-order chi connectivity index (χ1) is 15.6. The molecule has 3 fully saturated rings. The van der Waals surface area contributed by atoms with Crippen molar-refractivity contribution in [1.82, 2.24) is 0 Å². The number of hydrogen-bond acceptors (Lipinski definition) is 6. The maximum Gasteiger partial charge on any atom is 0.348 e. The van der Waals surface area contributed by atoms with Gasteiger partial charge in [0.2, 0.25) is 0 Å². The van der Waals surface area contributed by atoms with Crippen molar-refractivity contribution in [2.24, 2.45) is 38.8 Å². The molecular weight excluding hydrogens is 416 g/mol. The van der Waals surface area contributed by atoms with Gasteiger partial charge in [0.25, 0.3) is 0 Å². The molecule has 0 saturated heterocycles. The van der Waals surface area contributed by atoms with Crippen LogP contribution in [0.1, 0.15) is 83.5 Å². The van der Waals surface area contributed by atoms with Crippen LogP contribution >= 0.6 is 0 Å². The number of allylic oxidation sites excluding steroid dienone is 1. The summed E-state index contributed by atoms with van der Waals surface area (Å²) >= 11 is 0. The van der Waals surface area contributed by atoms with Crippen LogP contribution in [0.25, 0.3) is 0 Å². The summed E-state index contributed by atoms with van der Waals surface area (Å²) in [6, 6.07) is 1.44. The fourth-order valence-electron chi connectivity index (χ4n) is 7.71. The molecule has 2 N–H and O–H groups in total. The lowest BCUT2D eigenvalue weighted by atomic mass is 9.48. The van der Waals surface area contributed by atoms with E-state index in [4.69, 9.17) is 4.42 Å². The summed E-state index contributed by atoms with van der Waals surface area (Å²) in [6.07, 6.45) is 10.6. The van der Waals surface area contributed by atoms with Crippen molar-refractivity contribution in [2.45, 2.75) is 85.2 Å². The van der Waals surface area contributed by atoms with Gasteiger partial charge in [-0.3, -0.25) is 0 Å². The highest BCUT2D eigenvalue weighted by Crippen LogP contribution is 2.64. The molecule has 0 bridgehead atoms. The number of rotatable bonds is 2. The number of aliphatic hydroxyl groups is 1. The van der Waals surface area contributed by atoms with Crippen LogP contribution in [0.2, 0.25) is 0 Å². The number of nitrogens with zero attached hydrogens (tertiary/aromatic N) is 2. The minimum atomic E-state index is -0.583. The third-order valence-corrected chi connectivity index (χ3v) is 9.56. The molecule has 33 heavy (non-hydrogen) atoms. The van der Waals surface area contributed by atoms with E-state index in [1.54, 1.807) is 13.8 Å². The first kappa shape index (κ1) is 22.6. The number of fused-ring (bicyclic) bond motifs is 5. The largest absolute Gasteiger partial charge is 0.507 e. The fraction of sp³-hybridized carbons (Fsp3) is 0.667. The molecule has 4 aliphatic rings. The highest BCUT2D eigenvalue weighted by molar-refractivity contribution is 6.01. The van der Waals surface area contributed by atoms with Gasteiger partial charge in [0.05, 0.1) is 11.8 Å². The number of aryl methyl sites for hydroxylation is 1. The Morgan fingerprint density at radius 2 is 1.88 bits per heavy atom. The van der Waals surface area contributed by atoms with Crippen molar-refractivity contribution in [3.8, 4) is 5.75 Å². The van der Waals surface area contributed by atoms with E-state index in [9.17, 15) is 15.0 Å². The zero-order valence-corrected chi connectivity index (χ0v) is 20.2. The molecule has 3 saturated carbocycles. The van der Waals surface area contributed by atoms with Crippen LogP contribution in [0, 0.1) is 35.5 Å². The Labute approximate surface area is 195 Å². The number of aliphatic hydroxyl groups excluding tert-OH is 1. The Balaban J connectivity index is 1.42. The molecule has 0 unspecified atom stereocenters. The molecule has 1 aromatic rings. The number of hydrogen-bond donors (Lipinski definition) is 2. The summed E-state index contributed by atoms with van der Waals surface area (Å²) in [5.74, 6) is 2.18. The van der Waals surface area contributed by atoms with Gasteiger partial charge in [-0.1, -0.05) is 25.5 Å². The predicted molar refractivity (Wildman–Crippen MR) is 129 cm³/mol. The second-order valence-corrected chi connectivity index (χ2v) is 11.3. The maximum atomic E-state index is 12.2. The molecular formula is C27H36N2O4. The maximum absolute atomic E-state index is 12.2. The summed E-state index contributed by atoms with van der Waals surface area (Å²) < 4.78 is 5.14. The van der Waals surface area contributed by atoms with Crippen molar-refractivity contribution in [1.29, 1.82) is 0 Å². The van der Waals surface area contributed by atoms with Crippen LogP contribution in [0.15, 0.2) is 37.1 Å². The molecule has 0 aliphatic heterocycles. The summed E-state index contributed by atoms with van der Waals surface area (Å²) in [6.45, 7) is 8.13. The van der Waals surface area contributed by atoms with Crippen LogP contribution in [-0.2, 0) is 0 Å². The van der Waals surface area contributed by atoms with E-state index in [1.807, 2.05) is 0 Å². The molecule has 1 aromatic heterocycles. The first-order valence-electron chi connectivity index (χ1n) is 12.5. The van der Waals surface area contributed by atoms with E-state index in [2.05, 4.69) is 30.1 Å². The quantitative estimate of drug-likeness (QED) is 0.369. The van der Waals surface area contributed by atoms with Crippen LogP contribution in [0.4, 0.5) is 0 Å². The first-order valence-corrected chi connectivity index (χ1v) is 12.5. The monoisotopic (exact) mass is 452 g/mol. The molecule has 0 amide bonds. The minimum Gasteiger partial charge on any atom is -0.507 e. The highest BCUT2D eigenvalue weighted by Gasteiger charge is 2.57. The van der Waals surface area contributed by atoms with Crippen molar-refractivity contribution in [2.75, 3.05) is 0 Å². The molecule has 1 heterocycles. The molecule has 6 nitrogen and oxygen atoms in total. The molecule has 0 aromatic carbocycles. The summed E-state index contributed by atoms with van der Waals surface area (Å²) in [7, 11) is 0. The van der Waals surface area contributed by atoms with Gasteiger partial charge in [-0.15, -0.1) is 0 Å². The van der Waals surface area contributed by atoms with E-state index in [-0.39, 0.29) is 28.2 Å². The van der Waals surface area contributed by atoms with Gasteiger partial charge in [-0.25, -0.2) is 4.79 Å². The van der Waals surface area contributed by atoms with Crippen molar-refractivity contribution in [3.05, 3.63) is 39.5 Å². The zero-order chi connectivity index (χ0) is 23.5. The zero-order valence-electron chi connectivity index (χ0n) is 20.2. The topological polar surface area (TPSA) is 95.4 Å². The predicted octanol–water partition coefficient (Wildman–Crippen LogP) is 5.14. The molecule has 0 spiro atoms. The molecule has 6 atom stereocenters. The normalized spacial score (nSPS) is 39.6. The van der Waals surface area contributed by atoms with E-state index >= 15 is 0 Å². The molecule has 5 rings (SSSR count). The van der Waals surface area contributed by atoms with E-state index in [1.165, 1.54) is 18.1 Å². The SMILES string of the molecule is CC(=N/N=C1\CC[C@@H]2[C@H]3CC=C4C[C@@H](O)CC[C@]4(C)[C@@H]3CC[C@@]12C)c1c(O)cc(C)oc1=O. The fourth-order valence-corrected chi connectivity index (χ4v) is 7.71. The lowest BCUT2D eigenvalue weighted by molar-refractivity contribution is -0.0209. The summed E-state index contributed by atoms with van der Waals surface area (Å²) in [5.41, 5.74) is 2.77. The second kappa shape index (κ2) is 7.93. The van der Waals surface area contributed by atoms with Gasteiger partial charge >= 0.3 is 5.63 Å². The molecule has 178 valence electrons. The highest BCUT2D eigenvalue weighted by atomic mass is 16.4. The van der Waals surface area contributed by atoms with Gasteiger partial charge in [0.1, 0.15) is 17.1 Å². The molecule has 0 radical (unpaired) electrons. The Hall–Kier alpha value is -2.21. The van der Waals surface area contributed by atoms with Gasteiger partial charge in [-0.2, -0.15) is 10.2 Å². The standard InChI is InChI=1S/C27H36N2O4/c1-15-13-22(31)24(25(32)33-15)16(2)28-29-23-8-7-20-19-6-5-17-14-18(30)9-11-26(17,3)21(19)10-12-27(20,23)4/h5,13,18-21,30-31H,6-12,14H2,1-4H3/b28-16?,29-23+/t18-,19+,20+,21+,26-,27+/m0/s1. The third kappa shape index (κ3) is 3.52. The summed E-state index contributed by atoms with van der Waals surface area (Å²) in [5, 5.41) is 29.5. The van der Waals surface area contributed by atoms with Crippen molar-refractivity contribution >= 4 is 11.4 Å². The van der Waals surface area contributed by atoms with Gasteiger partial charge < -0.3 is 14.6 Å². The summed E-state index contributed by atoms with van der Waals surface area (Å²) in [4.78, 5) is 12.2. The van der Waals surface area contributed by atoms with Crippen molar-refractivity contribution in [3.63, 3.8) is 0 Å². The second-order valence-electron chi connectivity index (χ2n) is 11.3. The van der Waals surface area contributed by atoms with Crippen molar-refractivity contribution < 1.29 is 14.6 Å². The van der Waals surface area contributed by atoms with Gasteiger partial charge in [0.15, 0.2) is 0 Å². The average molecular weight is 453 g/mol. The number of aromatic hydroxyl groups is 1. The van der Waals surface area contributed by atoms with E-state index in [0.29, 0.717) is 29.2 Å². The van der Waals surface area contributed by atoms with E-state index in [0.717, 1.165) is 50.7 Å². The van der Waals surface area contributed by atoms with Crippen LogP contribution < -0.4 is 5.63 Å².